The summed E-state index contributed by atoms with van der Waals surface area (Å²) in [6.07, 6.45) is 1.93. The van der Waals surface area contributed by atoms with Crippen molar-refractivity contribution in [1.82, 2.24) is 4.90 Å². The number of carbonyl (C=O) groups is 1. The van der Waals surface area contributed by atoms with Gasteiger partial charge < -0.3 is 4.74 Å². The average molecular weight is 485 g/mol. The van der Waals surface area contributed by atoms with Gasteiger partial charge in [0.15, 0.2) is 5.17 Å². The lowest BCUT2D eigenvalue weighted by atomic mass is 10.2. The number of benzene rings is 2. The highest BCUT2D eigenvalue weighted by Gasteiger charge is 2.33. The number of hydrogen-bond donors (Lipinski definition) is 0. The first-order valence-electron chi connectivity index (χ1n) is 8.86. The largest absolute Gasteiger partial charge is 0.497 e. The minimum Gasteiger partial charge on any atom is -0.497 e. The van der Waals surface area contributed by atoms with Gasteiger partial charge in [-0.2, -0.15) is 0 Å². The van der Waals surface area contributed by atoms with Gasteiger partial charge in [-0.1, -0.05) is 30.3 Å². The van der Waals surface area contributed by atoms with E-state index < -0.39 is 0 Å². The fraction of sp³-hybridized carbons (Fsp3) is 0.0909. The van der Waals surface area contributed by atoms with Crippen LogP contribution in [-0.4, -0.2) is 23.1 Å². The Bertz CT molecular complexity index is 1080. The number of carbonyl (C=O) groups excluding carboxylic acids is 1. The third-order valence-electron chi connectivity index (χ3n) is 4.24. The standard InChI is InChI=1S/C22H17BrN2O2S2/c1-27-17-9-7-15(8-10-17)14-25-21(26)19(13-18-11-12-20(23)28-18)29-22(25)24-16-5-3-2-4-6-16/h2-13H,14H2,1H3/b19-13-,24-22?. The molecule has 1 aliphatic rings. The summed E-state index contributed by atoms with van der Waals surface area (Å²) in [5.41, 5.74) is 1.84. The zero-order valence-electron chi connectivity index (χ0n) is 15.5. The molecule has 0 saturated carbocycles. The molecular formula is C22H17BrN2O2S2. The monoisotopic (exact) mass is 484 g/mol. The van der Waals surface area contributed by atoms with Crippen LogP contribution in [0.2, 0.25) is 0 Å². The van der Waals surface area contributed by atoms with Crippen molar-refractivity contribution in [2.24, 2.45) is 4.99 Å². The molecule has 1 aromatic heterocycles. The Hall–Kier alpha value is -2.35. The summed E-state index contributed by atoms with van der Waals surface area (Å²) in [7, 11) is 1.64. The van der Waals surface area contributed by atoms with Gasteiger partial charge in [0.05, 0.1) is 28.0 Å². The maximum absolute atomic E-state index is 13.2. The Morgan fingerprint density at radius 2 is 1.83 bits per heavy atom. The first-order valence-corrected chi connectivity index (χ1v) is 11.3. The van der Waals surface area contributed by atoms with Crippen LogP contribution in [0.4, 0.5) is 5.69 Å². The van der Waals surface area contributed by atoms with Crippen molar-refractivity contribution >= 4 is 61.9 Å². The Labute approximate surface area is 186 Å². The summed E-state index contributed by atoms with van der Waals surface area (Å²) in [5.74, 6) is 0.753. The van der Waals surface area contributed by atoms with Crippen molar-refractivity contribution in [1.29, 1.82) is 0 Å². The molecule has 7 heteroatoms. The van der Waals surface area contributed by atoms with E-state index in [1.807, 2.05) is 72.8 Å². The summed E-state index contributed by atoms with van der Waals surface area (Å²) >= 11 is 6.47. The van der Waals surface area contributed by atoms with Crippen LogP contribution in [0.3, 0.4) is 0 Å². The van der Waals surface area contributed by atoms with Crippen LogP contribution in [0.1, 0.15) is 10.4 Å². The quantitative estimate of drug-likeness (QED) is 0.397. The SMILES string of the molecule is COc1ccc(CN2C(=O)/C(=C/c3ccc(Br)s3)SC2=Nc2ccccc2)cc1. The second kappa shape index (κ2) is 8.98. The van der Waals surface area contributed by atoms with Gasteiger partial charge in [-0.15, -0.1) is 11.3 Å². The molecular weight excluding hydrogens is 468 g/mol. The molecule has 0 spiro atoms. The van der Waals surface area contributed by atoms with E-state index in [0.717, 1.165) is 25.7 Å². The summed E-state index contributed by atoms with van der Waals surface area (Å²) in [5, 5.41) is 0.680. The van der Waals surface area contributed by atoms with Gasteiger partial charge >= 0.3 is 0 Å². The Kier molecular flexibility index (Phi) is 6.18. The molecule has 2 aromatic carbocycles. The van der Waals surface area contributed by atoms with E-state index in [1.54, 1.807) is 23.3 Å². The number of thiophene rings is 1. The fourth-order valence-corrected chi connectivity index (χ4v) is 5.22. The first kappa shape index (κ1) is 19.9. The average Bonchev–Trinajstić information content (AvgIpc) is 3.27. The van der Waals surface area contributed by atoms with Crippen LogP contribution in [0, 0.1) is 0 Å². The molecule has 1 fully saturated rings. The van der Waals surface area contributed by atoms with Crippen molar-refractivity contribution in [3.05, 3.63) is 85.9 Å². The lowest BCUT2D eigenvalue weighted by Crippen LogP contribution is -2.28. The zero-order chi connectivity index (χ0) is 20.2. The maximum Gasteiger partial charge on any atom is 0.267 e. The van der Waals surface area contributed by atoms with E-state index in [0.29, 0.717) is 16.6 Å². The number of hydrogen-bond acceptors (Lipinski definition) is 5. The minimum atomic E-state index is -0.0370. The van der Waals surface area contributed by atoms with Gasteiger partial charge in [0, 0.05) is 4.88 Å². The van der Waals surface area contributed by atoms with Gasteiger partial charge in [-0.05, 0) is 75.7 Å². The maximum atomic E-state index is 13.2. The van der Waals surface area contributed by atoms with Gasteiger partial charge in [-0.25, -0.2) is 4.99 Å². The number of ether oxygens (including phenoxy) is 1. The molecule has 1 amide bonds. The number of nitrogens with zero attached hydrogens (tertiary/aromatic N) is 2. The third-order valence-corrected chi connectivity index (χ3v) is 6.81. The van der Waals surface area contributed by atoms with Crippen LogP contribution >= 0.6 is 39.0 Å². The van der Waals surface area contributed by atoms with Gasteiger partial charge in [0.1, 0.15) is 5.75 Å². The number of para-hydroxylation sites is 1. The topological polar surface area (TPSA) is 41.9 Å². The molecule has 0 radical (unpaired) electrons. The number of thioether (sulfide) groups is 1. The molecule has 3 aromatic rings. The summed E-state index contributed by atoms with van der Waals surface area (Å²) in [6, 6.07) is 21.4. The predicted molar refractivity (Wildman–Crippen MR) is 125 cm³/mol. The lowest BCUT2D eigenvalue weighted by molar-refractivity contribution is -0.122. The summed E-state index contributed by atoms with van der Waals surface area (Å²) in [6.45, 7) is 0.451. The third kappa shape index (κ3) is 4.80. The van der Waals surface area contributed by atoms with E-state index >= 15 is 0 Å². The molecule has 2 heterocycles. The first-order chi connectivity index (χ1) is 14.1. The Morgan fingerprint density at radius 1 is 1.07 bits per heavy atom. The smallest absolute Gasteiger partial charge is 0.267 e. The van der Waals surface area contributed by atoms with Crippen molar-refractivity contribution in [3.8, 4) is 5.75 Å². The molecule has 4 rings (SSSR count). The molecule has 1 aliphatic heterocycles. The van der Waals surface area contributed by atoms with Crippen molar-refractivity contribution in [2.75, 3.05) is 7.11 Å². The van der Waals surface area contributed by atoms with E-state index in [2.05, 4.69) is 15.9 Å². The van der Waals surface area contributed by atoms with Crippen LogP contribution in [0.15, 0.2) is 80.4 Å². The molecule has 0 unspecified atom stereocenters. The van der Waals surface area contributed by atoms with E-state index in [-0.39, 0.29) is 5.91 Å². The highest BCUT2D eigenvalue weighted by molar-refractivity contribution is 9.11. The zero-order valence-corrected chi connectivity index (χ0v) is 18.8. The van der Waals surface area contributed by atoms with E-state index in [1.165, 1.54) is 11.8 Å². The van der Waals surface area contributed by atoms with Crippen molar-refractivity contribution in [2.45, 2.75) is 6.54 Å². The number of amidine groups is 1. The number of methoxy groups -OCH3 is 1. The van der Waals surface area contributed by atoms with E-state index in [9.17, 15) is 4.79 Å². The van der Waals surface area contributed by atoms with Gasteiger partial charge in [0.25, 0.3) is 5.91 Å². The summed E-state index contributed by atoms with van der Waals surface area (Å²) < 4.78 is 6.26. The number of amides is 1. The van der Waals surface area contributed by atoms with E-state index in [4.69, 9.17) is 9.73 Å². The number of rotatable bonds is 5. The molecule has 0 bridgehead atoms. The number of halogens is 1. The summed E-state index contributed by atoms with van der Waals surface area (Å²) in [4.78, 5) is 21.3. The second-order valence-corrected chi connectivity index (χ2v) is 9.73. The second-order valence-electron chi connectivity index (χ2n) is 6.22. The Morgan fingerprint density at radius 3 is 2.48 bits per heavy atom. The molecule has 0 atom stereocenters. The fourth-order valence-electron chi connectivity index (χ4n) is 2.79. The molecule has 0 aliphatic carbocycles. The highest BCUT2D eigenvalue weighted by atomic mass is 79.9. The molecule has 4 nitrogen and oxygen atoms in total. The van der Waals surface area contributed by atoms with Crippen molar-refractivity contribution < 1.29 is 9.53 Å². The Balaban J connectivity index is 1.66. The van der Waals surface area contributed by atoms with Crippen LogP contribution in [0.5, 0.6) is 5.75 Å². The van der Waals surface area contributed by atoms with Gasteiger partial charge in [0.2, 0.25) is 0 Å². The normalized spacial score (nSPS) is 16.8. The highest BCUT2D eigenvalue weighted by Crippen LogP contribution is 2.36. The predicted octanol–water partition coefficient (Wildman–Crippen LogP) is 6.32. The van der Waals surface area contributed by atoms with Gasteiger partial charge in [-0.3, -0.25) is 9.69 Å². The van der Waals surface area contributed by atoms with Crippen molar-refractivity contribution in [3.63, 3.8) is 0 Å². The molecule has 0 N–H and O–H groups in total. The van der Waals surface area contributed by atoms with Crippen LogP contribution in [-0.2, 0) is 11.3 Å². The molecule has 29 heavy (non-hydrogen) atoms. The van der Waals surface area contributed by atoms with Crippen LogP contribution in [0.25, 0.3) is 6.08 Å². The lowest BCUT2D eigenvalue weighted by Gasteiger charge is -2.16. The minimum absolute atomic E-state index is 0.0370. The number of aliphatic imine (C=N–C) groups is 1. The molecule has 146 valence electrons. The molecule has 1 saturated heterocycles. The van der Waals surface area contributed by atoms with Crippen LogP contribution < -0.4 is 4.74 Å².